The molecular weight excluding hydrogens is 338 g/mol. The smallest absolute Gasteiger partial charge is 0.291 e. The zero-order chi connectivity index (χ0) is 17.6. The van der Waals surface area contributed by atoms with E-state index in [1.807, 2.05) is 31.2 Å². The molecule has 0 aliphatic rings. The highest BCUT2D eigenvalue weighted by Gasteiger charge is 2.08. The van der Waals surface area contributed by atoms with Gasteiger partial charge in [0, 0.05) is 0 Å². The Hall–Kier alpha value is -2.41. The Morgan fingerprint density at radius 3 is 2.84 bits per heavy atom. The van der Waals surface area contributed by atoms with E-state index in [1.54, 1.807) is 0 Å². The minimum absolute atomic E-state index is 0.157. The van der Waals surface area contributed by atoms with Crippen molar-refractivity contribution < 1.29 is 9.47 Å². The van der Waals surface area contributed by atoms with Crippen LogP contribution < -0.4 is 19.6 Å². The SMILES string of the molecule is CCCCCOc1ccc(C=c2sc3ncnn3c2=O)cc1OCC. The number of rotatable bonds is 8. The normalized spacial score (nSPS) is 12.0. The Bertz CT molecular complexity index is 948. The molecule has 0 aliphatic carbocycles. The van der Waals surface area contributed by atoms with Crippen LogP contribution in [0.2, 0.25) is 0 Å². The van der Waals surface area contributed by atoms with E-state index in [1.165, 1.54) is 22.2 Å². The second kappa shape index (κ2) is 8.11. The Morgan fingerprint density at radius 1 is 1.20 bits per heavy atom. The van der Waals surface area contributed by atoms with Gasteiger partial charge in [0.05, 0.1) is 17.7 Å². The van der Waals surface area contributed by atoms with E-state index in [2.05, 4.69) is 17.0 Å². The largest absolute Gasteiger partial charge is 0.490 e. The zero-order valence-electron chi connectivity index (χ0n) is 14.4. The number of fused-ring (bicyclic) bond motifs is 1. The molecule has 0 N–H and O–H groups in total. The maximum Gasteiger partial charge on any atom is 0.291 e. The van der Waals surface area contributed by atoms with E-state index < -0.39 is 0 Å². The Kier molecular flexibility index (Phi) is 5.65. The monoisotopic (exact) mass is 359 g/mol. The van der Waals surface area contributed by atoms with Gasteiger partial charge in [-0.05, 0) is 37.1 Å². The molecule has 3 rings (SSSR count). The van der Waals surface area contributed by atoms with E-state index in [0.717, 1.165) is 30.6 Å². The number of hydrogen-bond donors (Lipinski definition) is 0. The van der Waals surface area contributed by atoms with Crippen molar-refractivity contribution in [1.82, 2.24) is 14.6 Å². The number of nitrogens with zero attached hydrogens (tertiary/aromatic N) is 3. The molecule has 0 unspecified atom stereocenters. The van der Waals surface area contributed by atoms with Crippen molar-refractivity contribution in [2.24, 2.45) is 0 Å². The summed E-state index contributed by atoms with van der Waals surface area (Å²) in [6, 6.07) is 5.71. The van der Waals surface area contributed by atoms with E-state index >= 15 is 0 Å². The molecule has 6 nitrogen and oxygen atoms in total. The van der Waals surface area contributed by atoms with Crippen molar-refractivity contribution in [3.8, 4) is 11.5 Å². The minimum atomic E-state index is -0.157. The average Bonchev–Trinajstić information content (AvgIpc) is 3.17. The third kappa shape index (κ3) is 3.99. The molecule has 132 valence electrons. The number of benzene rings is 1. The molecule has 0 fully saturated rings. The summed E-state index contributed by atoms with van der Waals surface area (Å²) in [5.74, 6) is 1.43. The molecule has 3 aromatic rings. The molecule has 2 heterocycles. The summed E-state index contributed by atoms with van der Waals surface area (Å²) in [5, 5.41) is 3.93. The first-order valence-electron chi connectivity index (χ1n) is 8.46. The highest BCUT2D eigenvalue weighted by molar-refractivity contribution is 7.15. The van der Waals surface area contributed by atoms with Crippen LogP contribution in [0.15, 0.2) is 29.3 Å². The lowest BCUT2D eigenvalue weighted by molar-refractivity contribution is 0.271. The summed E-state index contributed by atoms with van der Waals surface area (Å²) < 4.78 is 13.4. The van der Waals surface area contributed by atoms with Crippen LogP contribution in [0.25, 0.3) is 11.0 Å². The van der Waals surface area contributed by atoms with Crippen molar-refractivity contribution in [3.05, 3.63) is 45.0 Å². The molecule has 2 aromatic heterocycles. The summed E-state index contributed by atoms with van der Waals surface area (Å²) in [5.41, 5.74) is 0.723. The first-order valence-corrected chi connectivity index (χ1v) is 9.28. The molecule has 0 atom stereocenters. The highest BCUT2D eigenvalue weighted by atomic mass is 32.1. The van der Waals surface area contributed by atoms with Crippen molar-refractivity contribution in [2.75, 3.05) is 13.2 Å². The molecular formula is C18H21N3O3S. The summed E-state index contributed by atoms with van der Waals surface area (Å²) in [7, 11) is 0. The quantitative estimate of drug-likeness (QED) is 0.579. The van der Waals surface area contributed by atoms with Crippen molar-refractivity contribution in [1.29, 1.82) is 0 Å². The van der Waals surface area contributed by atoms with E-state index in [4.69, 9.17) is 9.47 Å². The maximum atomic E-state index is 12.3. The van der Waals surface area contributed by atoms with Gasteiger partial charge in [-0.3, -0.25) is 4.79 Å². The van der Waals surface area contributed by atoms with Crippen LogP contribution in [0.1, 0.15) is 38.7 Å². The van der Waals surface area contributed by atoms with E-state index in [9.17, 15) is 4.79 Å². The molecule has 0 spiro atoms. The van der Waals surface area contributed by atoms with E-state index in [0.29, 0.717) is 28.5 Å². The van der Waals surface area contributed by atoms with Crippen LogP contribution in [-0.2, 0) is 0 Å². The lowest BCUT2D eigenvalue weighted by Crippen LogP contribution is -2.23. The van der Waals surface area contributed by atoms with Crippen molar-refractivity contribution in [2.45, 2.75) is 33.1 Å². The van der Waals surface area contributed by atoms with Crippen molar-refractivity contribution >= 4 is 22.4 Å². The first-order chi connectivity index (χ1) is 12.2. The number of aromatic nitrogens is 3. The molecule has 0 aliphatic heterocycles. The van der Waals surface area contributed by atoms with Crippen LogP contribution >= 0.6 is 11.3 Å². The fourth-order valence-electron chi connectivity index (χ4n) is 2.46. The second-order valence-corrected chi connectivity index (χ2v) is 6.57. The third-order valence-corrected chi connectivity index (χ3v) is 4.67. The molecule has 7 heteroatoms. The highest BCUT2D eigenvalue weighted by Crippen LogP contribution is 2.29. The maximum absolute atomic E-state index is 12.3. The molecule has 25 heavy (non-hydrogen) atoms. The zero-order valence-corrected chi connectivity index (χ0v) is 15.2. The summed E-state index contributed by atoms with van der Waals surface area (Å²) in [6.07, 6.45) is 6.54. The van der Waals surface area contributed by atoms with Crippen LogP contribution in [0.4, 0.5) is 0 Å². The number of unbranched alkanes of at least 4 members (excludes halogenated alkanes) is 2. The fraction of sp³-hybridized carbons (Fsp3) is 0.389. The van der Waals surface area contributed by atoms with Crippen molar-refractivity contribution in [3.63, 3.8) is 0 Å². The van der Waals surface area contributed by atoms with Crippen LogP contribution in [-0.4, -0.2) is 27.8 Å². The van der Waals surface area contributed by atoms with E-state index in [-0.39, 0.29) is 5.56 Å². The summed E-state index contributed by atoms with van der Waals surface area (Å²) in [6.45, 7) is 5.33. The number of ether oxygens (including phenoxy) is 2. The average molecular weight is 359 g/mol. The van der Waals surface area contributed by atoms with Gasteiger partial charge in [0.15, 0.2) is 11.5 Å². The van der Waals surface area contributed by atoms with Gasteiger partial charge in [0.25, 0.3) is 5.56 Å². The standard InChI is InChI=1S/C18H21N3O3S/c1-3-5-6-9-24-14-8-7-13(10-15(14)23-4-2)11-16-17(22)21-18(25-16)19-12-20-21/h7-8,10-12H,3-6,9H2,1-2H3. The van der Waals surface area contributed by atoms with Gasteiger partial charge in [-0.2, -0.15) is 9.61 Å². The lowest BCUT2D eigenvalue weighted by Gasteiger charge is -2.12. The van der Waals surface area contributed by atoms with Crippen LogP contribution in [0, 0.1) is 0 Å². The Balaban J connectivity index is 1.88. The lowest BCUT2D eigenvalue weighted by atomic mass is 10.2. The Morgan fingerprint density at radius 2 is 2.08 bits per heavy atom. The topological polar surface area (TPSA) is 65.7 Å². The number of hydrogen-bond acceptors (Lipinski definition) is 6. The minimum Gasteiger partial charge on any atom is -0.490 e. The molecule has 0 saturated carbocycles. The molecule has 0 amide bonds. The van der Waals surface area contributed by atoms with Gasteiger partial charge in [-0.15, -0.1) is 0 Å². The predicted molar refractivity (Wildman–Crippen MR) is 98.6 cm³/mol. The molecule has 0 bridgehead atoms. The van der Waals surface area contributed by atoms with Gasteiger partial charge in [0.2, 0.25) is 4.96 Å². The van der Waals surface area contributed by atoms with Gasteiger partial charge in [0.1, 0.15) is 6.33 Å². The van der Waals surface area contributed by atoms with Gasteiger partial charge >= 0.3 is 0 Å². The van der Waals surface area contributed by atoms with Crippen LogP contribution in [0.5, 0.6) is 11.5 Å². The first kappa shape index (κ1) is 17.4. The third-order valence-electron chi connectivity index (χ3n) is 3.69. The number of thiazole rings is 1. The Labute approximate surface area is 149 Å². The second-order valence-electron chi connectivity index (χ2n) is 5.56. The summed E-state index contributed by atoms with van der Waals surface area (Å²) >= 11 is 1.32. The van der Waals surface area contributed by atoms with Crippen LogP contribution in [0.3, 0.4) is 0 Å². The van der Waals surface area contributed by atoms with Gasteiger partial charge in [-0.25, -0.2) is 4.98 Å². The van der Waals surface area contributed by atoms with Gasteiger partial charge in [-0.1, -0.05) is 37.2 Å². The predicted octanol–water partition coefficient (Wildman–Crippen LogP) is 2.67. The summed E-state index contributed by atoms with van der Waals surface area (Å²) in [4.78, 5) is 16.9. The molecule has 0 saturated heterocycles. The van der Waals surface area contributed by atoms with Gasteiger partial charge < -0.3 is 9.47 Å². The molecule has 1 aromatic carbocycles. The fourth-order valence-corrected chi connectivity index (χ4v) is 3.35. The molecule has 0 radical (unpaired) electrons.